The highest BCUT2D eigenvalue weighted by atomic mass is 19.1. The molecule has 1 aliphatic heterocycles. The second-order valence-electron chi connectivity index (χ2n) is 6.90. The first-order valence-electron chi connectivity index (χ1n) is 9.15. The summed E-state index contributed by atoms with van der Waals surface area (Å²) >= 11 is 0. The molecule has 142 valence electrons. The van der Waals surface area contributed by atoms with Crippen LogP contribution in [-0.4, -0.2) is 15.3 Å². The lowest BCUT2D eigenvalue weighted by atomic mass is 9.91. The van der Waals surface area contributed by atoms with Crippen LogP contribution in [0.15, 0.2) is 73.1 Å². The zero-order valence-corrected chi connectivity index (χ0v) is 15.3. The molecular formula is C23H16FN3O2. The number of hydrogen-bond donors (Lipinski definition) is 1. The minimum atomic E-state index is -0.399. The Bertz CT molecular complexity index is 1290. The third kappa shape index (κ3) is 2.90. The summed E-state index contributed by atoms with van der Waals surface area (Å²) in [6.07, 6.45) is 4.81. The maximum Gasteiger partial charge on any atom is 0.334 e. The van der Waals surface area contributed by atoms with Crippen molar-refractivity contribution in [2.24, 2.45) is 0 Å². The van der Waals surface area contributed by atoms with Gasteiger partial charge in [0, 0.05) is 11.8 Å². The van der Waals surface area contributed by atoms with Gasteiger partial charge < -0.3 is 5.21 Å². The van der Waals surface area contributed by atoms with E-state index in [1.807, 2.05) is 36.4 Å². The van der Waals surface area contributed by atoms with Crippen molar-refractivity contribution in [2.75, 3.05) is 0 Å². The molecule has 0 bridgehead atoms. The maximum absolute atomic E-state index is 14.5. The van der Waals surface area contributed by atoms with E-state index < -0.39 is 5.82 Å². The van der Waals surface area contributed by atoms with E-state index in [9.17, 15) is 14.8 Å². The lowest BCUT2D eigenvalue weighted by molar-refractivity contribution is -0.579. The average Bonchev–Trinajstić information content (AvgIpc) is 2.73. The largest absolute Gasteiger partial charge is 0.710 e. The predicted molar refractivity (Wildman–Crippen MR) is 108 cm³/mol. The minimum absolute atomic E-state index is 0.226. The van der Waals surface area contributed by atoms with Crippen LogP contribution in [0.3, 0.4) is 0 Å². The Hall–Kier alpha value is -3.77. The quantitative estimate of drug-likeness (QED) is 0.407. The van der Waals surface area contributed by atoms with E-state index in [0.29, 0.717) is 27.9 Å². The summed E-state index contributed by atoms with van der Waals surface area (Å²) < 4.78 is 15.2. The van der Waals surface area contributed by atoms with Crippen molar-refractivity contribution in [3.63, 3.8) is 0 Å². The normalized spacial score (nSPS) is 13.0. The lowest BCUT2D eigenvalue weighted by Crippen LogP contribution is -2.27. The summed E-state index contributed by atoms with van der Waals surface area (Å²) in [5, 5.41) is 24.1. The van der Waals surface area contributed by atoms with Gasteiger partial charge in [-0.3, -0.25) is 10.3 Å². The van der Waals surface area contributed by atoms with E-state index in [0.717, 1.165) is 27.3 Å². The van der Waals surface area contributed by atoms with E-state index in [-0.39, 0.29) is 5.65 Å². The molecule has 0 radical (unpaired) electrons. The molecule has 0 saturated heterocycles. The first-order valence-corrected chi connectivity index (χ1v) is 9.15. The van der Waals surface area contributed by atoms with E-state index in [1.54, 1.807) is 30.5 Å². The van der Waals surface area contributed by atoms with Crippen LogP contribution >= 0.6 is 0 Å². The highest BCUT2D eigenvalue weighted by Gasteiger charge is 2.21. The molecule has 0 atom stereocenters. The van der Waals surface area contributed by atoms with Gasteiger partial charge in [-0.2, -0.15) is 0 Å². The highest BCUT2D eigenvalue weighted by Crippen LogP contribution is 2.36. The molecule has 0 unspecified atom stereocenters. The van der Waals surface area contributed by atoms with Gasteiger partial charge in [-0.15, -0.1) is 0 Å². The van der Waals surface area contributed by atoms with Gasteiger partial charge in [-0.25, -0.2) is 9.12 Å². The monoisotopic (exact) mass is 385 g/mol. The Labute approximate surface area is 166 Å². The molecule has 0 amide bonds. The van der Waals surface area contributed by atoms with Crippen molar-refractivity contribution in [2.45, 2.75) is 6.54 Å². The Morgan fingerprint density at radius 2 is 1.83 bits per heavy atom. The standard InChI is InChI=1S/C23H16FN3O2/c24-21-9-2-1-6-19(21)22-13-20(18-8-4-11-27(29)23(18)25-22)17-7-3-5-15-14-26(28)12-10-16(15)17/h1-13,28H,14H2. The number of rotatable bonds is 2. The lowest BCUT2D eigenvalue weighted by Gasteiger charge is -2.21. The molecule has 5 rings (SSSR count). The first-order chi connectivity index (χ1) is 14.1. The van der Waals surface area contributed by atoms with Crippen LogP contribution in [0.4, 0.5) is 4.39 Å². The van der Waals surface area contributed by atoms with Crippen molar-refractivity contribution in [1.29, 1.82) is 0 Å². The maximum atomic E-state index is 14.5. The summed E-state index contributed by atoms with van der Waals surface area (Å²) in [5.41, 5.74) is 4.53. The van der Waals surface area contributed by atoms with Crippen molar-refractivity contribution in [1.82, 2.24) is 10.0 Å². The van der Waals surface area contributed by atoms with Gasteiger partial charge in [-0.05, 0) is 58.1 Å². The van der Waals surface area contributed by atoms with Crippen LogP contribution in [0.5, 0.6) is 0 Å². The Kier molecular flexibility index (Phi) is 4.00. The summed E-state index contributed by atoms with van der Waals surface area (Å²) in [6.45, 7) is 0.365. The molecule has 1 N–H and O–H groups in total. The number of pyridine rings is 2. The molecule has 1 aliphatic rings. The van der Waals surface area contributed by atoms with Gasteiger partial charge in [0.25, 0.3) is 0 Å². The smallest absolute Gasteiger partial charge is 0.334 e. The zero-order valence-electron chi connectivity index (χ0n) is 15.3. The van der Waals surface area contributed by atoms with Crippen LogP contribution in [0.2, 0.25) is 0 Å². The fraction of sp³-hybridized carbons (Fsp3) is 0.0435. The molecule has 4 aromatic rings. The second-order valence-corrected chi connectivity index (χ2v) is 6.90. The summed E-state index contributed by atoms with van der Waals surface area (Å²) in [6, 6.07) is 17.5. The summed E-state index contributed by atoms with van der Waals surface area (Å²) in [7, 11) is 0. The number of fused-ring (bicyclic) bond motifs is 2. The van der Waals surface area contributed by atoms with E-state index in [4.69, 9.17) is 0 Å². The molecule has 5 nitrogen and oxygen atoms in total. The van der Waals surface area contributed by atoms with Gasteiger partial charge in [0.05, 0.1) is 23.7 Å². The van der Waals surface area contributed by atoms with Crippen LogP contribution in [-0.2, 0) is 6.54 Å². The number of nitrogens with zero attached hydrogens (tertiary/aromatic N) is 3. The molecule has 0 fully saturated rings. The van der Waals surface area contributed by atoms with Gasteiger partial charge in [0.2, 0.25) is 0 Å². The van der Waals surface area contributed by atoms with Crippen molar-refractivity contribution in [3.05, 3.63) is 95.2 Å². The Morgan fingerprint density at radius 1 is 1.00 bits per heavy atom. The topological polar surface area (TPSA) is 63.3 Å². The van der Waals surface area contributed by atoms with Crippen LogP contribution < -0.4 is 4.73 Å². The van der Waals surface area contributed by atoms with E-state index in [1.165, 1.54) is 12.3 Å². The molecule has 2 aromatic carbocycles. The number of benzene rings is 2. The zero-order chi connectivity index (χ0) is 20.0. The van der Waals surface area contributed by atoms with Crippen LogP contribution in [0.25, 0.3) is 39.5 Å². The number of halogens is 1. The van der Waals surface area contributed by atoms with Crippen LogP contribution in [0, 0.1) is 11.0 Å². The third-order valence-corrected chi connectivity index (χ3v) is 5.11. The Morgan fingerprint density at radius 3 is 2.69 bits per heavy atom. The van der Waals surface area contributed by atoms with Crippen molar-refractivity contribution >= 4 is 17.1 Å². The first kappa shape index (κ1) is 17.3. The van der Waals surface area contributed by atoms with Gasteiger partial charge >= 0.3 is 5.65 Å². The average molecular weight is 385 g/mol. The number of hydroxylamine groups is 2. The summed E-state index contributed by atoms with van der Waals surface area (Å²) in [5.74, 6) is -0.399. The SMILES string of the molecule is [O-][n+]1cccc2c(-c3cccc4c3C=CN(O)C4)cc(-c3ccccc3F)nc21. The number of hydrogen-bond acceptors (Lipinski definition) is 4. The minimum Gasteiger partial charge on any atom is -0.710 e. The van der Waals surface area contributed by atoms with Crippen LogP contribution in [0.1, 0.15) is 11.1 Å². The summed E-state index contributed by atoms with van der Waals surface area (Å²) in [4.78, 5) is 4.46. The molecule has 0 aliphatic carbocycles. The van der Waals surface area contributed by atoms with Gasteiger partial charge in [0.15, 0.2) is 5.69 Å². The molecule has 6 heteroatoms. The van der Waals surface area contributed by atoms with Crippen molar-refractivity contribution in [3.8, 4) is 22.4 Å². The molecule has 0 saturated carbocycles. The van der Waals surface area contributed by atoms with E-state index >= 15 is 0 Å². The Balaban J connectivity index is 1.84. The molecule has 29 heavy (non-hydrogen) atoms. The predicted octanol–water partition coefficient (Wildman–Crippen LogP) is 4.52. The van der Waals surface area contributed by atoms with Crippen molar-refractivity contribution < 1.29 is 14.3 Å². The fourth-order valence-corrected chi connectivity index (χ4v) is 3.76. The molecule has 2 aromatic heterocycles. The molecular weight excluding hydrogens is 369 g/mol. The third-order valence-electron chi connectivity index (χ3n) is 5.11. The van der Waals surface area contributed by atoms with Gasteiger partial charge in [-0.1, -0.05) is 30.3 Å². The van der Waals surface area contributed by atoms with E-state index in [2.05, 4.69) is 4.98 Å². The molecule has 3 heterocycles. The number of aromatic nitrogens is 2. The van der Waals surface area contributed by atoms with Gasteiger partial charge in [0.1, 0.15) is 5.82 Å². The highest BCUT2D eigenvalue weighted by molar-refractivity contribution is 5.96. The second kappa shape index (κ2) is 6.68. The molecule has 0 spiro atoms. The fourth-order valence-electron chi connectivity index (χ4n) is 3.76.